The van der Waals surface area contributed by atoms with Gasteiger partial charge in [-0.15, -0.1) is 0 Å². The third kappa shape index (κ3) is 4.19. The number of carbonyl (C=O) groups is 1. The van der Waals surface area contributed by atoms with Crippen LogP contribution in [-0.4, -0.2) is 21.4 Å². The normalized spacial score (nSPS) is 10.7. The van der Waals surface area contributed by atoms with Crippen LogP contribution in [0.2, 0.25) is 0 Å². The topological polar surface area (TPSA) is 90.3 Å². The van der Waals surface area contributed by atoms with E-state index < -0.39 is 10.0 Å². The van der Waals surface area contributed by atoms with Crippen LogP contribution in [0.25, 0.3) is 0 Å². The van der Waals surface area contributed by atoms with Crippen molar-refractivity contribution in [2.24, 2.45) is 0 Å². The van der Waals surface area contributed by atoms with E-state index in [1.165, 1.54) is 29.2 Å². The van der Waals surface area contributed by atoms with E-state index in [0.717, 1.165) is 0 Å². The predicted molar refractivity (Wildman–Crippen MR) is 108 cm³/mol. The molecule has 0 unspecified atom stereocenters. The zero-order chi connectivity index (χ0) is 20.1. The lowest BCUT2D eigenvalue weighted by Crippen LogP contribution is -2.26. The van der Waals surface area contributed by atoms with Crippen LogP contribution in [0.4, 0.5) is 11.4 Å². The Morgan fingerprint density at radius 2 is 1.68 bits per heavy atom. The number of carbonyl (C=O) groups excluding carboxylic acids is 1. The van der Waals surface area contributed by atoms with Gasteiger partial charge in [-0.25, -0.2) is 8.42 Å². The molecule has 1 amide bonds. The van der Waals surface area contributed by atoms with Crippen molar-refractivity contribution in [3.05, 3.63) is 90.0 Å². The third-order valence-electron chi connectivity index (χ3n) is 4.08. The molecular weight excluding hydrogens is 374 g/mol. The fourth-order valence-electron chi connectivity index (χ4n) is 2.63. The van der Waals surface area contributed by atoms with E-state index in [-0.39, 0.29) is 22.1 Å². The van der Waals surface area contributed by atoms with E-state index >= 15 is 0 Å². The molecule has 3 aromatic carbocycles. The standard InChI is InChI=1S/C21H17N3O3S/c1-24(19-10-3-2-4-11-19)21(25)17-8-6-12-20(14-17)28(26,27)23-18-9-5-7-16(13-18)15-22/h2-14,23H,1H3. The summed E-state index contributed by atoms with van der Waals surface area (Å²) in [6, 6.07) is 23.0. The second-order valence-corrected chi connectivity index (χ2v) is 7.71. The van der Waals surface area contributed by atoms with Crippen LogP contribution in [0.5, 0.6) is 0 Å². The molecule has 0 aliphatic heterocycles. The van der Waals surface area contributed by atoms with Crippen LogP contribution >= 0.6 is 0 Å². The van der Waals surface area contributed by atoms with Crippen molar-refractivity contribution in [1.82, 2.24) is 0 Å². The summed E-state index contributed by atoms with van der Waals surface area (Å²) in [5.74, 6) is -0.324. The number of nitrogens with one attached hydrogen (secondary N) is 1. The zero-order valence-corrected chi connectivity index (χ0v) is 15.8. The van der Waals surface area contributed by atoms with Crippen molar-refractivity contribution >= 4 is 27.3 Å². The monoisotopic (exact) mass is 391 g/mol. The van der Waals surface area contributed by atoms with Crippen LogP contribution in [0.1, 0.15) is 15.9 Å². The summed E-state index contributed by atoms with van der Waals surface area (Å²) >= 11 is 0. The number of nitriles is 1. The van der Waals surface area contributed by atoms with Crippen molar-refractivity contribution in [3.63, 3.8) is 0 Å². The summed E-state index contributed by atoms with van der Waals surface area (Å²) in [6.45, 7) is 0. The van der Waals surface area contributed by atoms with Crippen LogP contribution in [0, 0.1) is 11.3 Å². The number of para-hydroxylation sites is 1. The van der Waals surface area contributed by atoms with Gasteiger partial charge in [-0.2, -0.15) is 5.26 Å². The molecule has 0 spiro atoms. The molecule has 3 aromatic rings. The number of nitrogens with zero attached hydrogens (tertiary/aromatic N) is 2. The lowest BCUT2D eigenvalue weighted by atomic mass is 10.2. The Labute approximate surface area is 163 Å². The van der Waals surface area contributed by atoms with E-state index in [9.17, 15) is 13.2 Å². The van der Waals surface area contributed by atoms with Crippen LogP contribution in [-0.2, 0) is 10.0 Å². The van der Waals surface area contributed by atoms with Crippen LogP contribution in [0.15, 0.2) is 83.8 Å². The molecule has 0 atom stereocenters. The highest BCUT2D eigenvalue weighted by Crippen LogP contribution is 2.20. The Morgan fingerprint density at radius 1 is 0.964 bits per heavy atom. The number of hydrogen-bond donors (Lipinski definition) is 1. The Morgan fingerprint density at radius 3 is 2.39 bits per heavy atom. The smallest absolute Gasteiger partial charge is 0.261 e. The quantitative estimate of drug-likeness (QED) is 0.719. The molecule has 7 heteroatoms. The molecule has 0 aromatic heterocycles. The van der Waals surface area contributed by atoms with Gasteiger partial charge in [0.25, 0.3) is 15.9 Å². The molecule has 0 saturated heterocycles. The Hall–Kier alpha value is -3.63. The van der Waals surface area contributed by atoms with Gasteiger partial charge in [0.2, 0.25) is 0 Å². The number of amides is 1. The fraction of sp³-hybridized carbons (Fsp3) is 0.0476. The SMILES string of the molecule is CN(C(=O)c1cccc(S(=O)(=O)Nc2cccc(C#N)c2)c1)c1ccccc1. The first kappa shape index (κ1) is 19.1. The van der Waals surface area contributed by atoms with E-state index in [0.29, 0.717) is 11.3 Å². The molecule has 0 aliphatic carbocycles. The minimum Gasteiger partial charge on any atom is -0.311 e. The summed E-state index contributed by atoms with van der Waals surface area (Å²) < 4.78 is 27.8. The molecule has 0 aliphatic rings. The first-order chi connectivity index (χ1) is 13.4. The highest BCUT2D eigenvalue weighted by Gasteiger charge is 2.19. The van der Waals surface area contributed by atoms with E-state index in [1.807, 2.05) is 24.3 Å². The fourth-order valence-corrected chi connectivity index (χ4v) is 3.72. The molecule has 0 saturated carbocycles. The summed E-state index contributed by atoms with van der Waals surface area (Å²) in [7, 11) is -2.29. The van der Waals surface area contributed by atoms with E-state index in [1.54, 1.807) is 43.4 Å². The molecule has 0 heterocycles. The van der Waals surface area contributed by atoms with Crippen molar-refractivity contribution < 1.29 is 13.2 Å². The number of anilines is 2. The molecule has 6 nitrogen and oxygen atoms in total. The average Bonchev–Trinajstić information content (AvgIpc) is 2.73. The van der Waals surface area contributed by atoms with Gasteiger partial charge in [-0.3, -0.25) is 9.52 Å². The maximum absolute atomic E-state index is 12.7. The molecule has 3 rings (SSSR count). The van der Waals surface area contributed by atoms with Gasteiger partial charge in [-0.1, -0.05) is 30.3 Å². The van der Waals surface area contributed by atoms with Crippen LogP contribution in [0.3, 0.4) is 0 Å². The first-order valence-corrected chi connectivity index (χ1v) is 9.85. The predicted octanol–water partition coefficient (Wildman–Crippen LogP) is 3.64. The number of benzene rings is 3. The van der Waals surface area contributed by atoms with Crippen molar-refractivity contribution in [2.45, 2.75) is 4.90 Å². The Bertz CT molecular complexity index is 1150. The van der Waals surface area contributed by atoms with Crippen molar-refractivity contribution in [3.8, 4) is 6.07 Å². The minimum absolute atomic E-state index is 0.0397. The van der Waals surface area contributed by atoms with Gasteiger partial charge in [0.05, 0.1) is 22.2 Å². The van der Waals surface area contributed by atoms with Crippen molar-refractivity contribution in [2.75, 3.05) is 16.7 Å². The Kier molecular flexibility index (Phi) is 5.43. The molecule has 0 fully saturated rings. The largest absolute Gasteiger partial charge is 0.311 e. The maximum atomic E-state index is 12.7. The summed E-state index contributed by atoms with van der Waals surface area (Å²) in [4.78, 5) is 14.2. The number of hydrogen-bond acceptors (Lipinski definition) is 4. The molecule has 0 bridgehead atoms. The number of sulfonamides is 1. The minimum atomic E-state index is -3.91. The van der Waals surface area contributed by atoms with Gasteiger partial charge in [0.1, 0.15) is 0 Å². The average molecular weight is 391 g/mol. The zero-order valence-electron chi connectivity index (χ0n) is 15.0. The van der Waals surface area contributed by atoms with Gasteiger partial charge in [-0.05, 0) is 48.5 Å². The van der Waals surface area contributed by atoms with Crippen LogP contribution < -0.4 is 9.62 Å². The number of rotatable bonds is 5. The maximum Gasteiger partial charge on any atom is 0.261 e. The first-order valence-electron chi connectivity index (χ1n) is 8.37. The summed E-state index contributed by atoms with van der Waals surface area (Å²) in [5.41, 5.74) is 1.57. The van der Waals surface area contributed by atoms with Gasteiger partial charge in [0.15, 0.2) is 0 Å². The molecule has 28 heavy (non-hydrogen) atoms. The second kappa shape index (κ2) is 7.94. The lowest BCUT2D eigenvalue weighted by Gasteiger charge is -2.17. The van der Waals surface area contributed by atoms with E-state index in [4.69, 9.17) is 5.26 Å². The molecule has 0 radical (unpaired) electrons. The highest BCUT2D eigenvalue weighted by molar-refractivity contribution is 7.92. The lowest BCUT2D eigenvalue weighted by molar-refractivity contribution is 0.0993. The van der Waals surface area contributed by atoms with Gasteiger partial charge in [0, 0.05) is 18.3 Å². The highest BCUT2D eigenvalue weighted by atomic mass is 32.2. The van der Waals surface area contributed by atoms with Gasteiger partial charge >= 0.3 is 0 Å². The molecule has 140 valence electrons. The second-order valence-electron chi connectivity index (χ2n) is 6.03. The summed E-state index contributed by atoms with van der Waals surface area (Å²) in [6.07, 6.45) is 0. The Balaban J connectivity index is 1.87. The van der Waals surface area contributed by atoms with Gasteiger partial charge < -0.3 is 4.90 Å². The molecular formula is C21H17N3O3S. The third-order valence-corrected chi connectivity index (χ3v) is 5.46. The van der Waals surface area contributed by atoms with Crippen molar-refractivity contribution in [1.29, 1.82) is 5.26 Å². The van der Waals surface area contributed by atoms with E-state index in [2.05, 4.69) is 4.72 Å². The molecule has 1 N–H and O–H groups in total. The summed E-state index contributed by atoms with van der Waals surface area (Å²) in [5, 5.41) is 8.95.